The molecular weight excluding hydrogens is 1290 g/mol. The summed E-state index contributed by atoms with van der Waals surface area (Å²) in [5, 5.41) is 0. The van der Waals surface area contributed by atoms with Crippen molar-refractivity contribution in [2.24, 2.45) is 11.8 Å². The molecule has 0 aliphatic heterocycles. The Morgan fingerprint density at radius 1 is 0.290 bits per heavy atom. The van der Waals surface area contributed by atoms with Crippen LogP contribution in [0.2, 0.25) is 0 Å². The fraction of sp³-hybridized carbons (Fsp3) is 0.607. The van der Waals surface area contributed by atoms with Crippen LogP contribution in [0.3, 0.4) is 0 Å². The Bertz CT molecular complexity index is 3740. The van der Waals surface area contributed by atoms with Gasteiger partial charge in [-0.3, -0.25) is 0 Å². The first-order valence-electron chi connectivity index (χ1n) is 45.5. The fourth-order valence-corrected chi connectivity index (χ4v) is 15.6. The lowest BCUT2D eigenvalue weighted by Crippen LogP contribution is -2.24. The minimum absolute atomic E-state index is 0.103. The van der Waals surface area contributed by atoms with Gasteiger partial charge in [-0.15, -0.1) is 0 Å². The SMILES string of the molecule is CC(C)Cc1cccc(CC(C)C)c1C(C)C.CC(C)c1c(C(C)(C)C)cc(C(C)(C)C)cc1C(C)(C)C.CC(C)c1c(C(C)(C)C)cccc1C(C)(C)C.Cc1cccc(C)c1C(C)C.[2H]C(C)(C)c1cccc(C(C)(C)C)c1C(C)C.[2H]C([2H])(C)c1cccc(C([2H])([2H])C)c1C(C)C.[2H]C([2H])([2H])c1cc(C)c(C(C)C)c(C)c1. The number of hydrogen-bond acceptors (Lipinski definition) is 0. The van der Waals surface area contributed by atoms with E-state index in [1.165, 1.54) is 93.5 Å². The van der Waals surface area contributed by atoms with Gasteiger partial charge in [-0.1, -0.05) is 398 Å². The maximum Gasteiger partial charge on any atom is 0.0347 e. The van der Waals surface area contributed by atoms with Gasteiger partial charge in [-0.25, -0.2) is 0 Å². The largest absolute Gasteiger partial charge is 0.0625 e. The van der Waals surface area contributed by atoms with Crippen LogP contribution in [0.1, 0.15) is 463 Å². The van der Waals surface area contributed by atoms with E-state index in [4.69, 9.17) is 11.0 Å². The minimum atomic E-state index is -2.00. The van der Waals surface area contributed by atoms with Crippen LogP contribution in [-0.4, -0.2) is 0 Å². The van der Waals surface area contributed by atoms with Crippen molar-refractivity contribution >= 4 is 0 Å². The highest BCUT2D eigenvalue weighted by atomic mass is 14.4. The molecule has 7 aromatic rings. The van der Waals surface area contributed by atoms with Crippen molar-refractivity contribution in [1.82, 2.24) is 0 Å². The average Bonchev–Trinajstić information content (AvgIpc) is 0.768. The molecular formula is C107H172. The molecule has 0 nitrogen and oxygen atoms in total. The lowest BCUT2D eigenvalue weighted by Gasteiger charge is -2.35. The molecule has 0 aromatic heterocycles. The molecule has 0 fully saturated rings. The molecule has 0 aliphatic rings. The summed E-state index contributed by atoms with van der Waals surface area (Å²) in [5.74, 6) is 4.38. The summed E-state index contributed by atoms with van der Waals surface area (Å²) in [7, 11) is 0. The Balaban J connectivity index is 0.000000675. The summed E-state index contributed by atoms with van der Waals surface area (Å²) in [6.07, 6.45) is -0.472. The molecule has 0 bridgehead atoms. The molecule has 0 heteroatoms. The first-order chi connectivity index (χ1) is 51.6. The summed E-state index contributed by atoms with van der Waals surface area (Å²) >= 11 is 0. The van der Waals surface area contributed by atoms with Crippen LogP contribution in [0, 0.1) is 46.4 Å². The van der Waals surface area contributed by atoms with Crippen molar-refractivity contribution < 1.29 is 11.0 Å². The zero-order chi connectivity index (χ0) is 90.3. The smallest absolute Gasteiger partial charge is 0.0347 e. The van der Waals surface area contributed by atoms with E-state index in [2.05, 4.69) is 334 Å². The quantitative estimate of drug-likeness (QED) is 0.102. The molecule has 0 aliphatic carbocycles. The van der Waals surface area contributed by atoms with Gasteiger partial charge < -0.3 is 0 Å². The van der Waals surface area contributed by atoms with Crippen molar-refractivity contribution in [3.63, 3.8) is 0 Å². The first kappa shape index (κ1) is 85.5. The third-order valence-electron chi connectivity index (χ3n) is 20.2. The van der Waals surface area contributed by atoms with Crippen molar-refractivity contribution in [3.05, 3.63) is 243 Å². The van der Waals surface area contributed by atoms with Gasteiger partial charge in [0.25, 0.3) is 0 Å². The molecule has 600 valence electrons. The van der Waals surface area contributed by atoms with Crippen LogP contribution < -0.4 is 0 Å². The predicted octanol–water partition coefficient (Wildman–Crippen LogP) is 33.6. The summed E-state index contributed by atoms with van der Waals surface area (Å²) in [5.41, 5.74) is 30.6. The van der Waals surface area contributed by atoms with Crippen molar-refractivity contribution in [2.75, 3.05) is 0 Å². The molecule has 0 saturated heterocycles. The van der Waals surface area contributed by atoms with Crippen LogP contribution in [-0.2, 0) is 58.1 Å². The second-order valence-corrected chi connectivity index (χ2v) is 40.4. The molecule has 0 unspecified atom stereocenters. The Morgan fingerprint density at radius 3 is 0.813 bits per heavy atom. The molecule has 0 N–H and O–H groups in total. The van der Waals surface area contributed by atoms with Gasteiger partial charge in [0.1, 0.15) is 0 Å². The van der Waals surface area contributed by atoms with E-state index < -0.39 is 25.5 Å². The standard InChI is InChI=1S/C21H36.2C17H28.C16H26.C13H20.C12H18.C11H16/c1-14(2)18-16(20(6,7)8)12-15(19(3,4)5)13-17(18)21(9,10)11;1-12(2)15-13(16(3,4)5)10-9-11-14(15)17(6,7)8;1-12(2)10-15-8-7-9-16(11-13(3)4)17(15)14(5)6;1-11(2)13-9-8-10-14(16(5,6)7)15(13)12(3)4;1-5-11-8-7-9-12(6-2)13(11)10(3)4;1-8(2)12-10(4)6-9(3)7-11(12)5;1-8(2)11-9(3)6-5-7-10(11)4/h12-14H,1-11H3;9-12H,1-8H3;7-9,12-14H,10-11H2,1-6H3;8-12H,1-7H3;7-10H,5-6H2,1-4H3;6-8H,1-5H3;5-8H,1-4H3/i;;;11D;5D2,6D2;3D3;. The molecule has 0 amide bonds. The zero-order valence-corrected chi connectivity index (χ0v) is 78.1. The molecule has 107 heavy (non-hydrogen) atoms. The molecule has 0 spiro atoms. The Labute approximate surface area is 679 Å². The predicted molar refractivity (Wildman–Crippen MR) is 490 cm³/mol. The van der Waals surface area contributed by atoms with Gasteiger partial charge in [-0.05, 0) is 274 Å². The lowest BCUT2D eigenvalue weighted by atomic mass is 9.70. The maximum absolute atomic E-state index is 8.31. The third-order valence-corrected chi connectivity index (χ3v) is 20.2. The fourth-order valence-electron chi connectivity index (χ4n) is 15.6. The van der Waals surface area contributed by atoms with Crippen molar-refractivity contribution in [3.8, 4) is 0 Å². The molecule has 7 rings (SSSR count). The molecule has 0 saturated carbocycles. The molecule has 0 atom stereocenters. The highest BCUT2D eigenvalue weighted by molar-refractivity contribution is 5.50. The molecule has 7 aromatic carbocycles. The summed E-state index contributed by atoms with van der Waals surface area (Å²) in [4.78, 5) is 0. The Kier molecular flexibility index (Phi) is 34.2. The Hall–Kier alpha value is -5.46. The summed E-state index contributed by atoms with van der Waals surface area (Å²) in [6.45, 7) is 95.2. The lowest BCUT2D eigenvalue weighted by molar-refractivity contribution is 0.531. The number of rotatable bonds is 14. The monoisotopic (exact) mass is 1470 g/mol. The van der Waals surface area contributed by atoms with E-state index in [1.807, 2.05) is 41.5 Å². The van der Waals surface area contributed by atoms with Gasteiger partial charge in [0.05, 0.1) is 0 Å². The maximum atomic E-state index is 8.31. The van der Waals surface area contributed by atoms with Gasteiger partial charge in [0.15, 0.2) is 0 Å². The normalized spacial score (nSPS) is 13.8. The second-order valence-electron chi connectivity index (χ2n) is 40.4. The number of hydrogen-bond donors (Lipinski definition) is 0. The minimum Gasteiger partial charge on any atom is -0.0625 e. The van der Waals surface area contributed by atoms with E-state index in [0.29, 0.717) is 52.2 Å². The van der Waals surface area contributed by atoms with Crippen LogP contribution in [0.25, 0.3) is 0 Å². The first-order valence-corrected chi connectivity index (χ1v) is 41.5. The highest BCUT2D eigenvalue weighted by Crippen LogP contribution is 2.43. The van der Waals surface area contributed by atoms with E-state index in [1.54, 1.807) is 58.1 Å². The highest BCUT2D eigenvalue weighted by Gasteiger charge is 2.31. The van der Waals surface area contributed by atoms with E-state index in [9.17, 15) is 0 Å². The summed E-state index contributed by atoms with van der Waals surface area (Å²) < 4.78 is 61.9. The second kappa shape index (κ2) is 42.8. The third kappa shape index (κ3) is 31.3. The Morgan fingerprint density at radius 2 is 0.551 bits per heavy atom. The van der Waals surface area contributed by atoms with E-state index in [0.717, 1.165) is 28.5 Å². The van der Waals surface area contributed by atoms with Crippen LogP contribution in [0.5, 0.6) is 0 Å². The van der Waals surface area contributed by atoms with Crippen molar-refractivity contribution in [1.29, 1.82) is 0 Å². The van der Waals surface area contributed by atoms with Gasteiger partial charge in [0, 0.05) is 11.0 Å². The molecule has 0 radical (unpaired) electrons. The summed E-state index contributed by atoms with van der Waals surface area (Å²) in [6, 6.07) is 40.3. The van der Waals surface area contributed by atoms with Crippen molar-refractivity contribution in [2.45, 2.75) is 417 Å². The van der Waals surface area contributed by atoms with Gasteiger partial charge in [0.2, 0.25) is 0 Å². The van der Waals surface area contributed by atoms with E-state index in [-0.39, 0.29) is 38.4 Å². The topological polar surface area (TPSA) is 0 Å². The van der Waals surface area contributed by atoms with Crippen LogP contribution >= 0.6 is 0 Å². The van der Waals surface area contributed by atoms with Gasteiger partial charge in [-0.2, -0.15) is 0 Å². The van der Waals surface area contributed by atoms with Crippen LogP contribution in [0.15, 0.2) is 115 Å². The van der Waals surface area contributed by atoms with E-state index >= 15 is 0 Å². The average molecular weight is 1470 g/mol. The number of aryl methyl sites for hydroxylation is 7. The molecule has 0 heterocycles. The zero-order valence-electron chi connectivity index (χ0n) is 86.1. The van der Waals surface area contributed by atoms with Crippen LogP contribution in [0.4, 0.5) is 0 Å². The number of benzene rings is 7. The van der Waals surface area contributed by atoms with Gasteiger partial charge >= 0.3 is 0 Å².